The Hall–Kier alpha value is -3.48. The lowest BCUT2D eigenvalue weighted by atomic mass is 9.98. The van der Waals surface area contributed by atoms with Gasteiger partial charge in [-0.3, -0.25) is 0 Å². The maximum atomic E-state index is 13.0. The number of phenols is 1. The molecule has 0 heterocycles. The van der Waals surface area contributed by atoms with Gasteiger partial charge in [-0.2, -0.15) is 13.2 Å². The molecule has 3 aromatic carbocycles. The molecular formula is C24H20F3NO3. The Morgan fingerprint density at radius 1 is 1.00 bits per heavy atom. The Labute approximate surface area is 177 Å². The molecule has 0 aliphatic heterocycles. The van der Waals surface area contributed by atoms with Crippen molar-refractivity contribution >= 4 is 6.09 Å². The van der Waals surface area contributed by atoms with Crippen molar-refractivity contribution in [3.8, 4) is 16.9 Å². The van der Waals surface area contributed by atoms with Crippen LogP contribution < -0.4 is 5.32 Å². The first kappa shape index (κ1) is 20.8. The number of fused-ring (bicyclic) bond motifs is 3. The summed E-state index contributed by atoms with van der Waals surface area (Å²) in [5.41, 5.74) is 3.11. The summed E-state index contributed by atoms with van der Waals surface area (Å²) in [5, 5.41) is 12.5. The van der Waals surface area contributed by atoms with Crippen LogP contribution in [0.4, 0.5) is 18.0 Å². The van der Waals surface area contributed by atoms with Gasteiger partial charge in [0, 0.05) is 11.5 Å². The van der Waals surface area contributed by atoms with Crippen LogP contribution in [0.3, 0.4) is 0 Å². The first-order valence-corrected chi connectivity index (χ1v) is 9.78. The first-order valence-electron chi connectivity index (χ1n) is 9.78. The van der Waals surface area contributed by atoms with E-state index in [1.807, 2.05) is 48.5 Å². The number of rotatable bonds is 4. The molecule has 7 heteroatoms. The van der Waals surface area contributed by atoms with E-state index < -0.39 is 29.6 Å². The Kier molecular flexibility index (Phi) is 5.35. The summed E-state index contributed by atoms with van der Waals surface area (Å²) < 4.78 is 44.5. The SMILES string of the molecule is C[C@@H](NC(=O)OCC1c2ccccc2-c2ccccc21)c1cccc(C(F)(F)F)c1O. The number of carbonyl (C=O) groups is 1. The van der Waals surface area contributed by atoms with Gasteiger partial charge >= 0.3 is 12.3 Å². The molecule has 0 saturated carbocycles. The Morgan fingerprint density at radius 3 is 2.16 bits per heavy atom. The Balaban J connectivity index is 1.46. The number of alkyl halides is 3. The second kappa shape index (κ2) is 7.98. The van der Waals surface area contributed by atoms with Crippen LogP contribution in [0.5, 0.6) is 5.75 Å². The number of amides is 1. The summed E-state index contributed by atoms with van der Waals surface area (Å²) in [4.78, 5) is 12.4. The molecular weight excluding hydrogens is 407 g/mol. The van der Waals surface area contributed by atoms with Crippen molar-refractivity contribution in [1.82, 2.24) is 5.32 Å². The molecule has 0 fully saturated rings. The zero-order valence-corrected chi connectivity index (χ0v) is 16.6. The average Bonchev–Trinajstić information content (AvgIpc) is 3.05. The number of aromatic hydroxyl groups is 1. The zero-order chi connectivity index (χ0) is 22.2. The van der Waals surface area contributed by atoms with Crippen molar-refractivity contribution in [2.24, 2.45) is 0 Å². The van der Waals surface area contributed by atoms with Crippen molar-refractivity contribution < 1.29 is 27.8 Å². The van der Waals surface area contributed by atoms with Crippen molar-refractivity contribution in [3.63, 3.8) is 0 Å². The first-order chi connectivity index (χ1) is 14.8. The van der Waals surface area contributed by atoms with Crippen LogP contribution in [0.25, 0.3) is 11.1 Å². The van der Waals surface area contributed by atoms with Gasteiger partial charge in [-0.05, 0) is 35.2 Å². The Morgan fingerprint density at radius 2 is 1.58 bits per heavy atom. The van der Waals surface area contributed by atoms with E-state index in [2.05, 4.69) is 5.32 Å². The molecule has 4 nitrogen and oxygen atoms in total. The highest BCUT2D eigenvalue weighted by atomic mass is 19.4. The number of phenolic OH excluding ortho intramolecular Hbond substituents is 1. The number of benzene rings is 3. The number of ether oxygens (including phenoxy) is 1. The minimum atomic E-state index is -4.69. The number of carbonyl (C=O) groups excluding carboxylic acids is 1. The summed E-state index contributed by atoms with van der Waals surface area (Å²) in [7, 11) is 0. The van der Waals surface area contributed by atoms with E-state index in [0.717, 1.165) is 28.3 Å². The molecule has 160 valence electrons. The van der Waals surface area contributed by atoms with Gasteiger partial charge < -0.3 is 15.2 Å². The summed E-state index contributed by atoms with van der Waals surface area (Å²) in [6.45, 7) is 1.57. The lowest BCUT2D eigenvalue weighted by Gasteiger charge is -2.19. The Bertz CT molecular complexity index is 1080. The van der Waals surface area contributed by atoms with E-state index in [0.29, 0.717) is 0 Å². The molecule has 31 heavy (non-hydrogen) atoms. The maximum absolute atomic E-state index is 13.0. The number of alkyl carbamates (subject to hydrolysis) is 1. The van der Waals surface area contributed by atoms with E-state index in [1.54, 1.807) is 0 Å². The monoisotopic (exact) mass is 427 g/mol. The van der Waals surface area contributed by atoms with Gasteiger partial charge in [0.2, 0.25) is 0 Å². The van der Waals surface area contributed by atoms with E-state index in [-0.39, 0.29) is 18.1 Å². The third-order valence-corrected chi connectivity index (χ3v) is 5.52. The zero-order valence-electron chi connectivity index (χ0n) is 16.6. The smallest absolute Gasteiger partial charge is 0.419 e. The van der Waals surface area contributed by atoms with Gasteiger partial charge in [-0.15, -0.1) is 0 Å². The summed E-state index contributed by atoms with van der Waals surface area (Å²) >= 11 is 0. The van der Waals surface area contributed by atoms with Crippen molar-refractivity contribution in [3.05, 3.63) is 89.0 Å². The van der Waals surface area contributed by atoms with Crippen molar-refractivity contribution in [1.29, 1.82) is 0 Å². The second-order valence-corrected chi connectivity index (χ2v) is 7.43. The molecule has 3 aromatic rings. The maximum Gasteiger partial charge on any atom is 0.419 e. The normalized spacial score (nSPS) is 13.9. The van der Waals surface area contributed by atoms with Gasteiger partial charge in [-0.25, -0.2) is 4.79 Å². The fourth-order valence-electron chi connectivity index (χ4n) is 4.03. The number of hydrogen-bond donors (Lipinski definition) is 2. The number of nitrogens with one attached hydrogen (secondary N) is 1. The molecule has 4 rings (SSSR count). The molecule has 0 unspecified atom stereocenters. The summed E-state index contributed by atoms with van der Waals surface area (Å²) in [6.07, 6.45) is -5.46. The molecule has 0 bridgehead atoms. The second-order valence-electron chi connectivity index (χ2n) is 7.43. The highest BCUT2D eigenvalue weighted by Gasteiger charge is 2.35. The van der Waals surface area contributed by atoms with Crippen LogP contribution >= 0.6 is 0 Å². The minimum Gasteiger partial charge on any atom is -0.507 e. The topological polar surface area (TPSA) is 58.6 Å². The van der Waals surface area contributed by atoms with Crippen LogP contribution in [-0.4, -0.2) is 17.8 Å². The molecule has 0 saturated heterocycles. The number of halogens is 3. The predicted octanol–water partition coefficient (Wildman–Crippen LogP) is 6.01. The largest absolute Gasteiger partial charge is 0.507 e. The summed E-state index contributed by atoms with van der Waals surface area (Å²) in [6, 6.07) is 18.2. The minimum absolute atomic E-state index is 0.0386. The highest BCUT2D eigenvalue weighted by Crippen LogP contribution is 2.44. The predicted molar refractivity (Wildman–Crippen MR) is 110 cm³/mol. The lowest BCUT2D eigenvalue weighted by molar-refractivity contribution is -0.138. The average molecular weight is 427 g/mol. The number of para-hydroxylation sites is 1. The van der Waals surface area contributed by atoms with E-state index in [1.165, 1.54) is 19.1 Å². The van der Waals surface area contributed by atoms with Crippen molar-refractivity contribution in [2.45, 2.75) is 25.1 Å². The highest BCUT2D eigenvalue weighted by molar-refractivity contribution is 5.79. The van der Waals surface area contributed by atoms with Gasteiger partial charge in [0.25, 0.3) is 0 Å². The molecule has 0 radical (unpaired) electrons. The van der Waals surface area contributed by atoms with Crippen molar-refractivity contribution in [2.75, 3.05) is 6.61 Å². The van der Waals surface area contributed by atoms with Crippen LogP contribution in [-0.2, 0) is 10.9 Å². The van der Waals surface area contributed by atoms with Gasteiger partial charge in [0.05, 0.1) is 11.6 Å². The van der Waals surface area contributed by atoms with E-state index in [9.17, 15) is 23.1 Å². The standard InChI is InChI=1S/C24H20F3NO3/c1-14(15-11-6-12-21(22(15)29)24(25,26)27)28-23(30)31-13-20-18-9-4-2-7-16(18)17-8-3-5-10-19(17)20/h2-12,14,20,29H,13H2,1H3,(H,28,30)/t14-/m1/s1. The molecule has 1 aliphatic carbocycles. The molecule has 1 amide bonds. The van der Waals surface area contributed by atoms with Crippen LogP contribution in [0.15, 0.2) is 66.7 Å². The quantitative estimate of drug-likeness (QED) is 0.536. The van der Waals surface area contributed by atoms with Gasteiger partial charge in [0.15, 0.2) is 0 Å². The van der Waals surface area contributed by atoms with Gasteiger partial charge in [0.1, 0.15) is 12.4 Å². The van der Waals surface area contributed by atoms with Crippen LogP contribution in [0.1, 0.15) is 41.1 Å². The molecule has 1 aliphatic rings. The van der Waals surface area contributed by atoms with E-state index >= 15 is 0 Å². The van der Waals surface area contributed by atoms with Gasteiger partial charge in [-0.1, -0.05) is 60.7 Å². The summed E-state index contributed by atoms with van der Waals surface area (Å²) in [5.74, 6) is -1.03. The third kappa shape index (κ3) is 3.95. The lowest BCUT2D eigenvalue weighted by Crippen LogP contribution is -2.29. The fraction of sp³-hybridized carbons (Fsp3) is 0.208. The fourth-order valence-corrected chi connectivity index (χ4v) is 4.03. The molecule has 2 N–H and O–H groups in total. The third-order valence-electron chi connectivity index (χ3n) is 5.52. The molecule has 0 spiro atoms. The van der Waals surface area contributed by atoms with E-state index in [4.69, 9.17) is 4.74 Å². The molecule has 0 aromatic heterocycles. The molecule has 1 atom stereocenters. The van der Waals surface area contributed by atoms with Crippen LogP contribution in [0, 0.1) is 0 Å². The van der Waals surface area contributed by atoms with Crippen LogP contribution in [0.2, 0.25) is 0 Å². The number of hydrogen-bond acceptors (Lipinski definition) is 3.